The summed E-state index contributed by atoms with van der Waals surface area (Å²) in [6.45, 7) is 3.68. The standard InChI is InChI=1S/C19H25N3O.HI/c1-20-19(22-11-10-15(13-22)14-23-2)21-12-17-8-5-7-16-6-3-4-9-18(16)17;/h3-9,15H,10-14H2,1-2H3,(H,20,21);1H. The van der Waals surface area contributed by atoms with Crippen LogP contribution in [0, 0.1) is 5.92 Å². The van der Waals surface area contributed by atoms with Crippen molar-refractivity contribution in [3.63, 3.8) is 0 Å². The van der Waals surface area contributed by atoms with Crippen LogP contribution in [0.5, 0.6) is 0 Å². The van der Waals surface area contributed by atoms with Gasteiger partial charge >= 0.3 is 0 Å². The number of rotatable bonds is 4. The van der Waals surface area contributed by atoms with E-state index in [9.17, 15) is 0 Å². The predicted molar refractivity (Wildman–Crippen MR) is 111 cm³/mol. The second-order valence-electron chi connectivity index (χ2n) is 6.10. The molecule has 2 aromatic rings. The minimum Gasteiger partial charge on any atom is -0.384 e. The van der Waals surface area contributed by atoms with Crippen LogP contribution >= 0.6 is 24.0 Å². The van der Waals surface area contributed by atoms with E-state index in [1.54, 1.807) is 7.11 Å². The number of guanidine groups is 1. The van der Waals surface area contributed by atoms with Crippen LogP contribution in [0.25, 0.3) is 10.8 Å². The van der Waals surface area contributed by atoms with E-state index < -0.39 is 0 Å². The third kappa shape index (κ3) is 4.39. The zero-order chi connectivity index (χ0) is 16.1. The molecule has 0 aromatic heterocycles. The number of halogens is 1. The molecule has 0 amide bonds. The molecule has 1 heterocycles. The van der Waals surface area contributed by atoms with E-state index in [1.165, 1.54) is 22.8 Å². The number of likely N-dealkylation sites (tertiary alicyclic amines) is 1. The number of nitrogens with zero attached hydrogens (tertiary/aromatic N) is 2. The molecule has 3 rings (SSSR count). The van der Waals surface area contributed by atoms with Gasteiger partial charge in [0.15, 0.2) is 5.96 Å². The fourth-order valence-corrected chi connectivity index (χ4v) is 3.35. The van der Waals surface area contributed by atoms with Gasteiger partial charge in [0.25, 0.3) is 0 Å². The Morgan fingerprint density at radius 1 is 1.25 bits per heavy atom. The summed E-state index contributed by atoms with van der Waals surface area (Å²) in [5.41, 5.74) is 1.30. The number of benzene rings is 2. The predicted octanol–water partition coefficient (Wildman–Crippen LogP) is 3.50. The molecule has 5 heteroatoms. The van der Waals surface area contributed by atoms with Crippen LogP contribution in [0.3, 0.4) is 0 Å². The lowest BCUT2D eigenvalue weighted by Gasteiger charge is -2.22. The van der Waals surface area contributed by atoms with Gasteiger partial charge in [-0.3, -0.25) is 4.99 Å². The number of hydrogen-bond donors (Lipinski definition) is 1. The first-order valence-electron chi connectivity index (χ1n) is 8.23. The number of aliphatic imine (C=N–C) groups is 1. The first kappa shape index (κ1) is 19.0. The van der Waals surface area contributed by atoms with E-state index in [4.69, 9.17) is 4.74 Å². The van der Waals surface area contributed by atoms with Crippen LogP contribution in [0.2, 0.25) is 0 Å². The van der Waals surface area contributed by atoms with Crippen LogP contribution in [0.1, 0.15) is 12.0 Å². The van der Waals surface area contributed by atoms with Gasteiger partial charge in [-0.05, 0) is 22.8 Å². The van der Waals surface area contributed by atoms with Gasteiger partial charge in [-0.25, -0.2) is 0 Å². The van der Waals surface area contributed by atoms with Crippen molar-refractivity contribution in [2.75, 3.05) is 33.9 Å². The molecule has 1 unspecified atom stereocenters. The van der Waals surface area contributed by atoms with Crippen molar-refractivity contribution in [1.29, 1.82) is 0 Å². The number of fused-ring (bicyclic) bond motifs is 1. The van der Waals surface area contributed by atoms with Crippen molar-refractivity contribution >= 4 is 40.7 Å². The molecule has 1 N–H and O–H groups in total. The summed E-state index contributed by atoms with van der Waals surface area (Å²) < 4.78 is 5.28. The third-order valence-corrected chi connectivity index (χ3v) is 4.52. The highest BCUT2D eigenvalue weighted by Crippen LogP contribution is 2.19. The molecule has 0 spiro atoms. The van der Waals surface area contributed by atoms with Gasteiger partial charge < -0.3 is 15.0 Å². The Morgan fingerprint density at radius 3 is 2.83 bits per heavy atom. The van der Waals surface area contributed by atoms with Crippen LogP contribution in [0.4, 0.5) is 0 Å². The maximum Gasteiger partial charge on any atom is 0.193 e. The van der Waals surface area contributed by atoms with E-state index in [-0.39, 0.29) is 24.0 Å². The molecular weight excluding hydrogens is 413 g/mol. The molecule has 1 fully saturated rings. The Labute approximate surface area is 161 Å². The smallest absolute Gasteiger partial charge is 0.193 e. The Balaban J connectivity index is 0.00000208. The van der Waals surface area contributed by atoms with Gasteiger partial charge in [0.05, 0.1) is 6.61 Å². The first-order valence-corrected chi connectivity index (χ1v) is 8.23. The minimum absolute atomic E-state index is 0. The monoisotopic (exact) mass is 439 g/mol. The summed E-state index contributed by atoms with van der Waals surface area (Å²) in [6, 6.07) is 15.0. The molecular formula is C19H26IN3O. The normalized spacial score (nSPS) is 17.8. The lowest BCUT2D eigenvalue weighted by Crippen LogP contribution is -2.39. The van der Waals surface area contributed by atoms with Gasteiger partial charge in [0.1, 0.15) is 0 Å². The topological polar surface area (TPSA) is 36.9 Å². The van der Waals surface area contributed by atoms with E-state index >= 15 is 0 Å². The second-order valence-corrected chi connectivity index (χ2v) is 6.10. The molecule has 0 bridgehead atoms. The van der Waals surface area contributed by atoms with Gasteiger partial charge in [-0.15, -0.1) is 24.0 Å². The molecule has 24 heavy (non-hydrogen) atoms. The van der Waals surface area contributed by atoms with Crippen LogP contribution in [-0.2, 0) is 11.3 Å². The van der Waals surface area contributed by atoms with Crippen molar-refractivity contribution in [2.45, 2.75) is 13.0 Å². The fraction of sp³-hybridized carbons (Fsp3) is 0.421. The highest BCUT2D eigenvalue weighted by molar-refractivity contribution is 14.0. The fourth-order valence-electron chi connectivity index (χ4n) is 3.35. The highest BCUT2D eigenvalue weighted by Gasteiger charge is 2.24. The molecule has 1 aliphatic rings. The molecule has 2 aromatic carbocycles. The minimum atomic E-state index is 0. The molecule has 1 atom stereocenters. The Hall–Kier alpha value is -1.34. The van der Waals surface area contributed by atoms with Gasteiger partial charge in [0.2, 0.25) is 0 Å². The van der Waals surface area contributed by atoms with Crippen LogP contribution in [0.15, 0.2) is 47.5 Å². The summed E-state index contributed by atoms with van der Waals surface area (Å²) in [7, 11) is 3.63. The number of methoxy groups -OCH3 is 1. The van der Waals surface area contributed by atoms with E-state index in [1.807, 2.05) is 7.05 Å². The summed E-state index contributed by atoms with van der Waals surface area (Å²) in [5.74, 6) is 1.59. The van der Waals surface area contributed by atoms with E-state index in [0.29, 0.717) is 5.92 Å². The largest absolute Gasteiger partial charge is 0.384 e. The zero-order valence-electron chi connectivity index (χ0n) is 14.4. The second kappa shape index (κ2) is 9.22. The molecule has 1 aliphatic heterocycles. The third-order valence-electron chi connectivity index (χ3n) is 4.52. The molecule has 0 saturated carbocycles. The van der Waals surface area contributed by atoms with Crippen LogP contribution in [-0.4, -0.2) is 44.7 Å². The summed E-state index contributed by atoms with van der Waals surface area (Å²) in [5, 5.41) is 6.10. The number of ether oxygens (including phenoxy) is 1. The zero-order valence-corrected chi connectivity index (χ0v) is 16.7. The van der Waals surface area contributed by atoms with Gasteiger partial charge in [0, 0.05) is 39.7 Å². The maximum atomic E-state index is 5.28. The lowest BCUT2D eigenvalue weighted by molar-refractivity contribution is 0.157. The molecule has 1 saturated heterocycles. The average molecular weight is 439 g/mol. The number of nitrogens with one attached hydrogen (secondary N) is 1. The SMILES string of the molecule is CN=C(NCc1cccc2ccccc12)N1CCC(COC)C1.I. The van der Waals surface area contributed by atoms with E-state index in [0.717, 1.165) is 32.2 Å². The van der Waals surface area contributed by atoms with Gasteiger partial charge in [-0.2, -0.15) is 0 Å². The lowest BCUT2D eigenvalue weighted by atomic mass is 10.0. The van der Waals surface area contributed by atoms with Crippen molar-refractivity contribution in [3.8, 4) is 0 Å². The molecule has 0 radical (unpaired) electrons. The van der Waals surface area contributed by atoms with Gasteiger partial charge in [-0.1, -0.05) is 42.5 Å². The molecule has 130 valence electrons. The number of hydrogen-bond acceptors (Lipinski definition) is 2. The average Bonchev–Trinajstić information content (AvgIpc) is 3.04. The van der Waals surface area contributed by atoms with Crippen molar-refractivity contribution in [3.05, 3.63) is 48.0 Å². The summed E-state index contributed by atoms with van der Waals surface area (Å²) in [6.07, 6.45) is 1.17. The Morgan fingerprint density at radius 2 is 2.04 bits per heavy atom. The first-order chi connectivity index (χ1) is 11.3. The molecule has 4 nitrogen and oxygen atoms in total. The van der Waals surface area contributed by atoms with Crippen molar-refractivity contribution < 1.29 is 4.74 Å². The Kier molecular flexibility index (Phi) is 7.30. The van der Waals surface area contributed by atoms with E-state index in [2.05, 4.69) is 57.7 Å². The maximum absolute atomic E-state index is 5.28. The van der Waals surface area contributed by atoms with Crippen molar-refractivity contribution in [1.82, 2.24) is 10.2 Å². The summed E-state index contributed by atoms with van der Waals surface area (Å²) in [4.78, 5) is 6.78. The highest BCUT2D eigenvalue weighted by atomic mass is 127. The quantitative estimate of drug-likeness (QED) is 0.450. The van der Waals surface area contributed by atoms with Crippen LogP contribution < -0.4 is 5.32 Å². The molecule has 0 aliphatic carbocycles. The van der Waals surface area contributed by atoms with Crippen molar-refractivity contribution in [2.24, 2.45) is 10.9 Å². The Bertz CT molecular complexity index is 684. The summed E-state index contributed by atoms with van der Waals surface area (Å²) >= 11 is 0.